The van der Waals surface area contributed by atoms with Gasteiger partial charge in [-0.05, 0) is 43.9 Å². The topological polar surface area (TPSA) is 62.5 Å². The van der Waals surface area contributed by atoms with Crippen LogP contribution in [0.5, 0.6) is 0 Å². The molecule has 1 aromatic carbocycles. The van der Waals surface area contributed by atoms with Crippen LogP contribution in [-0.2, 0) is 4.79 Å². The molecule has 0 radical (unpaired) electrons. The van der Waals surface area contributed by atoms with E-state index in [4.69, 9.17) is 4.42 Å². The van der Waals surface area contributed by atoms with Gasteiger partial charge < -0.3 is 14.8 Å². The third-order valence-corrected chi connectivity index (χ3v) is 4.06. The molecule has 0 saturated heterocycles. The number of carbonyl (C=O) groups is 1. The molecule has 1 heterocycles. The molecule has 0 spiro atoms. The third-order valence-electron chi connectivity index (χ3n) is 4.06. The van der Waals surface area contributed by atoms with Crippen molar-refractivity contribution in [1.29, 1.82) is 0 Å². The minimum atomic E-state index is -0.519. The number of benzene rings is 1. The highest BCUT2D eigenvalue weighted by Crippen LogP contribution is 2.39. The predicted molar refractivity (Wildman–Crippen MR) is 81.6 cm³/mol. The first kappa shape index (κ1) is 13.9. The fourth-order valence-corrected chi connectivity index (χ4v) is 2.56. The van der Waals surface area contributed by atoms with Crippen LogP contribution < -0.4 is 5.32 Å². The summed E-state index contributed by atoms with van der Waals surface area (Å²) in [4.78, 5) is 12.0. The summed E-state index contributed by atoms with van der Waals surface area (Å²) in [5, 5.41) is 13.4. The zero-order valence-corrected chi connectivity index (χ0v) is 12.0. The van der Waals surface area contributed by atoms with Crippen molar-refractivity contribution >= 4 is 23.0 Å². The van der Waals surface area contributed by atoms with Crippen molar-refractivity contribution in [2.75, 3.05) is 6.61 Å². The summed E-state index contributed by atoms with van der Waals surface area (Å²) in [6.07, 6.45) is 5.23. The average molecular weight is 285 g/mol. The molecule has 2 N–H and O–H groups in total. The fourth-order valence-electron chi connectivity index (χ4n) is 2.56. The molecule has 1 atom stereocenters. The van der Waals surface area contributed by atoms with E-state index in [2.05, 4.69) is 5.32 Å². The summed E-state index contributed by atoms with van der Waals surface area (Å²) in [7, 11) is 0. The van der Waals surface area contributed by atoms with Gasteiger partial charge in [-0.25, -0.2) is 0 Å². The second kappa shape index (κ2) is 5.37. The van der Waals surface area contributed by atoms with Crippen LogP contribution in [0.25, 0.3) is 17.0 Å². The molecule has 2 aromatic rings. The lowest BCUT2D eigenvalue weighted by molar-refractivity contribution is -0.119. The van der Waals surface area contributed by atoms with Crippen LogP contribution in [0.2, 0.25) is 0 Å². The number of carbonyl (C=O) groups excluding carboxylic acids is 1. The first-order chi connectivity index (χ1) is 10.1. The van der Waals surface area contributed by atoms with Crippen molar-refractivity contribution in [3.63, 3.8) is 0 Å². The van der Waals surface area contributed by atoms with Gasteiger partial charge in [0.15, 0.2) is 0 Å². The van der Waals surface area contributed by atoms with Gasteiger partial charge in [0.25, 0.3) is 0 Å². The molecule has 1 saturated carbocycles. The van der Waals surface area contributed by atoms with Crippen LogP contribution in [0.4, 0.5) is 0 Å². The number of amides is 1. The van der Waals surface area contributed by atoms with Gasteiger partial charge >= 0.3 is 0 Å². The Labute approximate surface area is 123 Å². The van der Waals surface area contributed by atoms with E-state index in [-0.39, 0.29) is 12.5 Å². The number of para-hydroxylation sites is 1. The Bertz CT molecular complexity index is 651. The summed E-state index contributed by atoms with van der Waals surface area (Å²) >= 11 is 0. The zero-order chi connectivity index (χ0) is 14.9. The fraction of sp³-hybridized carbons (Fsp3) is 0.353. The SMILES string of the molecule is CC(CO)(NC(=O)/C=C/c1cc2ccccc2o1)C1CC1. The van der Waals surface area contributed by atoms with Gasteiger partial charge in [-0.2, -0.15) is 0 Å². The molecule has 0 aliphatic heterocycles. The van der Waals surface area contributed by atoms with Gasteiger partial charge in [-0.3, -0.25) is 4.79 Å². The first-order valence-electron chi connectivity index (χ1n) is 7.20. The van der Waals surface area contributed by atoms with Crippen molar-refractivity contribution < 1.29 is 14.3 Å². The predicted octanol–water partition coefficient (Wildman–Crippen LogP) is 2.72. The highest BCUT2D eigenvalue weighted by molar-refractivity contribution is 5.92. The molecular formula is C17H19NO3. The molecule has 1 aliphatic carbocycles. The van der Waals surface area contributed by atoms with Crippen LogP contribution in [-0.4, -0.2) is 23.2 Å². The van der Waals surface area contributed by atoms with Crippen LogP contribution in [0.3, 0.4) is 0 Å². The molecule has 110 valence electrons. The van der Waals surface area contributed by atoms with E-state index in [0.717, 1.165) is 23.8 Å². The number of hydrogen-bond acceptors (Lipinski definition) is 3. The van der Waals surface area contributed by atoms with E-state index in [1.54, 1.807) is 6.08 Å². The Balaban J connectivity index is 1.68. The summed E-state index contributed by atoms with van der Waals surface area (Å²) < 4.78 is 5.62. The van der Waals surface area contributed by atoms with Crippen molar-refractivity contribution in [2.45, 2.75) is 25.3 Å². The van der Waals surface area contributed by atoms with E-state index >= 15 is 0 Å². The maximum atomic E-state index is 12.0. The van der Waals surface area contributed by atoms with E-state index in [1.807, 2.05) is 37.3 Å². The molecule has 0 bridgehead atoms. The molecule has 1 aliphatic rings. The molecule has 21 heavy (non-hydrogen) atoms. The summed E-state index contributed by atoms with van der Waals surface area (Å²) in [5.41, 5.74) is 0.283. The Kier molecular flexibility index (Phi) is 3.55. The number of rotatable bonds is 5. The van der Waals surface area contributed by atoms with E-state index < -0.39 is 5.54 Å². The van der Waals surface area contributed by atoms with E-state index in [1.165, 1.54) is 6.08 Å². The molecule has 1 aromatic heterocycles. The summed E-state index contributed by atoms with van der Waals surface area (Å²) in [6.45, 7) is 1.85. The Morgan fingerprint density at radius 3 is 2.90 bits per heavy atom. The van der Waals surface area contributed by atoms with Crippen LogP contribution in [0, 0.1) is 5.92 Å². The monoisotopic (exact) mass is 285 g/mol. The minimum Gasteiger partial charge on any atom is -0.457 e. The smallest absolute Gasteiger partial charge is 0.244 e. The van der Waals surface area contributed by atoms with Crippen LogP contribution >= 0.6 is 0 Å². The van der Waals surface area contributed by atoms with Gasteiger partial charge in [0.05, 0.1) is 12.1 Å². The Morgan fingerprint density at radius 2 is 2.24 bits per heavy atom. The van der Waals surface area contributed by atoms with Gasteiger partial charge in [-0.15, -0.1) is 0 Å². The van der Waals surface area contributed by atoms with Crippen LogP contribution in [0.15, 0.2) is 40.8 Å². The lowest BCUT2D eigenvalue weighted by Crippen LogP contribution is -2.50. The van der Waals surface area contributed by atoms with Crippen molar-refractivity contribution in [3.8, 4) is 0 Å². The molecule has 4 heteroatoms. The molecular weight excluding hydrogens is 266 g/mol. The second-order valence-corrected chi connectivity index (χ2v) is 5.86. The highest BCUT2D eigenvalue weighted by Gasteiger charge is 2.41. The van der Waals surface area contributed by atoms with Crippen molar-refractivity contribution in [1.82, 2.24) is 5.32 Å². The first-order valence-corrected chi connectivity index (χ1v) is 7.20. The molecule has 1 fully saturated rings. The van der Waals surface area contributed by atoms with Gasteiger partial charge in [-0.1, -0.05) is 18.2 Å². The van der Waals surface area contributed by atoms with E-state index in [9.17, 15) is 9.90 Å². The number of aliphatic hydroxyl groups excluding tert-OH is 1. The maximum absolute atomic E-state index is 12.0. The molecule has 1 amide bonds. The summed E-state index contributed by atoms with van der Waals surface area (Å²) in [6, 6.07) is 9.61. The lowest BCUT2D eigenvalue weighted by atomic mass is 9.97. The summed E-state index contributed by atoms with van der Waals surface area (Å²) in [5.74, 6) is 0.813. The molecule has 1 unspecified atom stereocenters. The maximum Gasteiger partial charge on any atom is 0.244 e. The van der Waals surface area contributed by atoms with Gasteiger partial charge in [0.1, 0.15) is 11.3 Å². The number of aliphatic hydroxyl groups is 1. The number of hydrogen-bond donors (Lipinski definition) is 2. The number of fused-ring (bicyclic) bond motifs is 1. The van der Waals surface area contributed by atoms with Crippen molar-refractivity contribution in [3.05, 3.63) is 42.2 Å². The Hall–Kier alpha value is -2.07. The molecule has 3 rings (SSSR count). The lowest BCUT2D eigenvalue weighted by Gasteiger charge is -2.28. The normalized spacial score (nSPS) is 18.0. The van der Waals surface area contributed by atoms with E-state index in [0.29, 0.717) is 11.7 Å². The minimum absolute atomic E-state index is 0.0398. The van der Waals surface area contributed by atoms with Gasteiger partial charge in [0.2, 0.25) is 5.91 Å². The standard InChI is InChI=1S/C17H19NO3/c1-17(11-19,13-6-7-13)18-16(20)9-8-14-10-12-4-2-3-5-15(12)21-14/h2-5,8-10,13,19H,6-7,11H2,1H3,(H,18,20)/b9-8+. The van der Waals surface area contributed by atoms with Gasteiger partial charge in [0, 0.05) is 11.5 Å². The average Bonchev–Trinajstić information content (AvgIpc) is 3.25. The number of furan rings is 1. The van der Waals surface area contributed by atoms with Crippen LogP contribution in [0.1, 0.15) is 25.5 Å². The largest absolute Gasteiger partial charge is 0.457 e. The molecule has 4 nitrogen and oxygen atoms in total. The number of nitrogens with one attached hydrogen (secondary N) is 1. The Morgan fingerprint density at radius 1 is 1.48 bits per heavy atom. The van der Waals surface area contributed by atoms with Crippen molar-refractivity contribution in [2.24, 2.45) is 5.92 Å². The second-order valence-electron chi connectivity index (χ2n) is 5.86. The quantitative estimate of drug-likeness (QED) is 0.830. The third kappa shape index (κ3) is 3.00. The highest BCUT2D eigenvalue weighted by atomic mass is 16.3. The zero-order valence-electron chi connectivity index (χ0n) is 12.0.